The number of nitrogens with two attached hydrogens (primary N) is 1. The lowest BCUT2D eigenvalue weighted by molar-refractivity contribution is -0.116. The summed E-state index contributed by atoms with van der Waals surface area (Å²) in [5.74, 6) is -0.412. The van der Waals surface area contributed by atoms with Gasteiger partial charge in [0.2, 0.25) is 15.9 Å². The molecular weight excluding hydrogens is 388 g/mol. The van der Waals surface area contributed by atoms with Gasteiger partial charge in [0.25, 0.3) is 0 Å². The first-order valence-electron chi connectivity index (χ1n) is 9.74. The van der Waals surface area contributed by atoms with Gasteiger partial charge in [0.1, 0.15) is 0 Å². The van der Waals surface area contributed by atoms with Crippen LogP contribution in [0.5, 0.6) is 0 Å². The molecule has 0 radical (unpaired) electrons. The highest BCUT2D eigenvalue weighted by atomic mass is 32.2. The lowest BCUT2D eigenvalue weighted by Crippen LogP contribution is -2.17. The first-order chi connectivity index (χ1) is 13.6. The summed E-state index contributed by atoms with van der Waals surface area (Å²) in [6.45, 7) is 3.54. The molecule has 6 nitrogen and oxygen atoms in total. The summed E-state index contributed by atoms with van der Waals surface area (Å²) in [6.07, 6.45) is 4.50. The molecule has 0 heterocycles. The molecule has 1 aliphatic carbocycles. The number of sulfonamides is 1. The van der Waals surface area contributed by atoms with Gasteiger partial charge in [0.05, 0.1) is 4.90 Å². The number of benzene rings is 2. The number of nitrogens with one attached hydrogen (secondary N) is 1. The van der Waals surface area contributed by atoms with Crippen molar-refractivity contribution in [2.75, 3.05) is 5.32 Å². The number of carbonyl (C=O) groups is 2. The van der Waals surface area contributed by atoms with Crippen LogP contribution in [0.1, 0.15) is 58.3 Å². The fourth-order valence-corrected chi connectivity index (χ4v) is 4.23. The van der Waals surface area contributed by atoms with E-state index in [0.717, 1.165) is 24.8 Å². The zero-order valence-electron chi connectivity index (χ0n) is 16.7. The van der Waals surface area contributed by atoms with E-state index in [-0.39, 0.29) is 29.4 Å². The summed E-state index contributed by atoms with van der Waals surface area (Å²) in [6, 6.07) is 8.64. The lowest BCUT2D eigenvalue weighted by atomic mass is 9.89. The zero-order valence-corrected chi connectivity index (χ0v) is 17.6. The van der Waals surface area contributed by atoms with Gasteiger partial charge in [-0.1, -0.05) is 12.1 Å². The number of rotatable bonds is 6. The Morgan fingerprint density at radius 2 is 1.69 bits per heavy atom. The van der Waals surface area contributed by atoms with Crippen LogP contribution in [-0.2, 0) is 27.7 Å². The molecule has 29 heavy (non-hydrogen) atoms. The van der Waals surface area contributed by atoms with Crippen LogP contribution in [-0.4, -0.2) is 20.1 Å². The van der Waals surface area contributed by atoms with Crippen molar-refractivity contribution < 1.29 is 18.0 Å². The van der Waals surface area contributed by atoms with E-state index in [4.69, 9.17) is 5.14 Å². The first kappa shape index (κ1) is 21.2. The first-order valence-corrected chi connectivity index (χ1v) is 11.3. The Bertz CT molecular complexity index is 1070. The van der Waals surface area contributed by atoms with Crippen molar-refractivity contribution in [1.29, 1.82) is 0 Å². The highest BCUT2D eigenvalue weighted by Crippen LogP contribution is 2.25. The molecule has 154 valence electrons. The number of hydrogen-bond acceptors (Lipinski definition) is 4. The molecule has 3 rings (SSSR count). The van der Waals surface area contributed by atoms with E-state index < -0.39 is 10.0 Å². The van der Waals surface area contributed by atoms with Crippen molar-refractivity contribution in [3.8, 4) is 0 Å². The maximum atomic E-state index is 12.5. The number of aryl methyl sites for hydroxylation is 3. The number of anilines is 1. The van der Waals surface area contributed by atoms with Crippen LogP contribution in [0.4, 0.5) is 5.69 Å². The molecule has 2 aromatic carbocycles. The Morgan fingerprint density at radius 3 is 2.38 bits per heavy atom. The highest BCUT2D eigenvalue weighted by Gasteiger charge is 2.16. The minimum Gasteiger partial charge on any atom is -0.326 e. The largest absolute Gasteiger partial charge is 0.326 e. The topological polar surface area (TPSA) is 106 Å². The number of primary sulfonamides is 1. The minimum absolute atomic E-state index is 0.0218. The summed E-state index contributed by atoms with van der Waals surface area (Å²) >= 11 is 0. The van der Waals surface area contributed by atoms with Crippen LogP contribution >= 0.6 is 0 Å². The molecular formula is C22H26N2O4S. The molecule has 0 unspecified atom stereocenters. The second-order valence-corrected chi connectivity index (χ2v) is 9.18. The van der Waals surface area contributed by atoms with Crippen LogP contribution < -0.4 is 10.5 Å². The monoisotopic (exact) mass is 414 g/mol. The number of Topliss-reactive ketones (excluding diaryl/α,β-unsaturated/α-hetero) is 1. The zero-order chi connectivity index (χ0) is 21.2. The second kappa shape index (κ2) is 8.47. The van der Waals surface area contributed by atoms with Gasteiger partial charge in [-0.25, -0.2) is 13.6 Å². The van der Waals surface area contributed by atoms with E-state index in [1.165, 1.54) is 29.7 Å². The maximum absolute atomic E-state index is 12.5. The molecule has 0 bridgehead atoms. The predicted octanol–water partition coefficient (Wildman–Crippen LogP) is 3.43. The van der Waals surface area contributed by atoms with E-state index >= 15 is 0 Å². The smallest absolute Gasteiger partial charge is 0.238 e. The Hall–Kier alpha value is -2.51. The summed E-state index contributed by atoms with van der Waals surface area (Å²) in [4.78, 5) is 24.8. The quantitative estimate of drug-likeness (QED) is 0.706. The molecule has 0 aliphatic heterocycles. The molecule has 7 heteroatoms. The molecule has 0 saturated heterocycles. The van der Waals surface area contributed by atoms with Gasteiger partial charge in [0, 0.05) is 24.1 Å². The average Bonchev–Trinajstić information content (AvgIpc) is 2.68. The highest BCUT2D eigenvalue weighted by molar-refractivity contribution is 7.89. The summed E-state index contributed by atoms with van der Waals surface area (Å²) < 4.78 is 23.3. The Morgan fingerprint density at radius 1 is 1.00 bits per heavy atom. The van der Waals surface area contributed by atoms with Crippen molar-refractivity contribution in [2.24, 2.45) is 5.14 Å². The Balaban J connectivity index is 1.66. The van der Waals surface area contributed by atoms with E-state index in [2.05, 4.69) is 5.32 Å². The van der Waals surface area contributed by atoms with Crippen molar-refractivity contribution in [3.05, 3.63) is 58.1 Å². The van der Waals surface area contributed by atoms with Crippen LogP contribution in [0.25, 0.3) is 0 Å². The van der Waals surface area contributed by atoms with Crippen LogP contribution in [0.2, 0.25) is 0 Å². The molecule has 3 N–H and O–H groups in total. The second-order valence-electron chi connectivity index (χ2n) is 7.62. The molecule has 0 saturated carbocycles. The average molecular weight is 415 g/mol. The predicted molar refractivity (Wildman–Crippen MR) is 113 cm³/mol. The van der Waals surface area contributed by atoms with Crippen molar-refractivity contribution in [3.63, 3.8) is 0 Å². The van der Waals surface area contributed by atoms with Gasteiger partial charge < -0.3 is 5.32 Å². The minimum atomic E-state index is -3.88. The lowest BCUT2D eigenvalue weighted by Gasteiger charge is -2.16. The SMILES string of the molecule is Cc1cc(S(N)(=O)=O)cc(NC(=O)CCC(=O)c2ccc3c(c2)CCCC3)c1C. The third-order valence-electron chi connectivity index (χ3n) is 5.49. The molecule has 0 fully saturated rings. The number of carbonyl (C=O) groups excluding carboxylic acids is 2. The van der Waals surface area contributed by atoms with Gasteiger partial charge in [0.15, 0.2) is 5.78 Å². The Kier molecular flexibility index (Phi) is 6.19. The molecule has 0 atom stereocenters. The standard InChI is InChI=1S/C22H26N2O4S/c1-14-11-19(29(23,27)28)13-20(15(14)2)24-22(26)10-9-21(25)18-8-7-16-5-3-4-6-17(16)12-18/h7-8,11-13H,3-6,9-10H2,1-2H3,(H,24,26)(H2,23,27,28). The number of hydrogen-bond donors (Lipinski definition) is 2. The van der Waals surface area contributed by atoms with E-state index in [9.17, 15) is 18.0 Å². The third-order valence-corrected chi connectivity index (χ3v) is 6.39. The van der Waals surface area contributed by atoms with Gasteiger partial charge in [-0.2, -0.15) is 0 Å². The van der Waals surface area contributed by atoms with Gasteiger partial charge in [-0.3, -0.25) is 9.59 Å². The molecule has 2 aromatic rings. The molecule has 0 aromatic heterocycles. The third kappa shape index (κ3) is 5.10. The van der Waals surface area contributed by atoms with Crippen molar-refractivity contribution >= 4 is 27.4 Å². The van der Waals surface area contributed by atoms with Crippen LogP contribution in [0, 0.1) is 13.8 Å². The normalized spacial score (nSPS) is 13.6. The molecule has 1 aliphatic rings. The fourth-order valence-electron chi connectivity index (χ4n) is 3.61. The number of ketones is 1. The van der Waals surface area contributed by atoms with E-state index in [1.54, 1.807) is 13.8 Å². The number of amides is 1. The maximum Gasteiger partial charge on any atom is 0.238 e. The van der Waals surface area contributed by atoms with Gasteiger partial charge in [-0.15, -0.1) is 0 Å². The number of fused-ring (bicyclic) bond motifs is 1. The summed E-state index contributed by atoms with van der Waals surface area (Å²) in [7, 11) is -3.88. The van der Waals surface area contributed by atoms with Crippen molar-refractivity contribution in [2.45, 2.75) is 57.3 Å². The van der Waals surface area contributed by atoms with Crippen molar-refractivity contribution in [1.82, 2.24) is 0 Å². The molecule has 1 amide bonds. The summed E-state index contributed by atoms with van der Waals surface area (Å²) in [5, 5.41) is 7.91. The molecule has 0 spiro atoms. The van der Waals surface area contributed by atoms with Crippen LogP contribution in [0.15, 0.2) is 35.2 Å². The van der Waals surface area contributed by atoms with Gasteiger partial charge >= 0.3 is 0 Å². The van der Waals surface area contributed by atoms with E-state index in [1.807, 2.05) is 18.2 Å². The van der Waals surface area contributed by atoms with E-state index in [0.29, 0.717) is 16.8 Å². The fraction of sp³-hybridized carbons (Fsp3) is 0.364. The Labute approximate surface area is 171 Å². The van der Waals surface area contributed by atoms with Crippen LogP contribution in [0.3, 0.4) is 0 Å². The summed E-state index contributed by atoms with van der Waals surface area (Å²) in [5.41, 5.74) is 5.04. The van der Waals surface area contributed by atoms with Gasteiger partial charge in [-0.05, 0) is 80.0 Å².